The minimum atomic E-state index is 0.117. The van der Waals surface area contributed by atoms with E-state index in [-0.39, 0.29) is 5.91 Å². The molecular weight excluding hydrogens is 208 g/mol. The third-order valence-corrected chi connectivity index (χ3v) is 3.26. The molecule has 0 saturated carbocycles. The molecule has 0 spiro atoms. The molecule has 2 rings (SSSR count). The Morgan fingerprint density at radius 2 is 2.00 bits per heavy atom. The van der Waals surface area contributed by atoms with Crippen molar-refractivity contribution in [2.24, 2.45) is 4.99 Å². The number of carbonyl (C=O) groups excluding carboxylic acids is 1. The zero-order valence-electron chi connectivity index (χ0n) is 8.73. The molecule has 1 aromatic carbocycles. The van der Waals surface area contributed by atoms with Crippen molar-refractivity contribution in [1.29, 1.82) is 0 Å². The molecular formula is C11H12N2OS. The van der Waals surface area contributed by atoms with Gasteiger partial charge in [-0.1, -0.05) is 29.5 Å². The number of thioether (sulfide) groups is 1. The van der Waals surface area contributed by atoms with Crippen LogP contribution in [0.1, 0.15) is 5.56 Å². The number of amidine groups is 1. The first kappa shape index (κ1) is 10.2. The van der Waals surface area contributed by atoms with Gasteiger partial charge >= 0.3 is 0 Å². The maximum absolute atomic E-state index is 11.3. The molecule has 0 radical (unpaired) electrons. The summed E-state index contributed by atoms with van der Waals surface area (Å²) in [6.45, 7) is 2.04. The highest BCUT2D eigenvalue weighted by molar-refractivity contribution is 8.15. The molecule has 4 heteroatoms. The van der Waals surface area contributed by atoms with Crippen LogP contribution < -0.4 is 0 Å². The fourth-order valence-electron chi connectivity index (χ4n) is 1.26. The lowest BCUT2D eigenvalue weighted by atomic mass is 10.2. The number of amides is 1. The fourth-order valence-corrected chi connectivity index (χ4v) is 2.18. The number of aliphatic imine (C=N–C) groups is 1. The van der Waals surface area contributed by atoms with Crippen molar-refractivity contribution in [2.45, 2.75) is 6.92 Å². The van der Waals surface area contributed by atoms with Gasteiger partial charge < -0.3 is 0 Å². The summed E-state index contributed by atoms with van der Waals surface area (Å²) in [5.74, 6) is 0.618. The second-order valence-corrected chi connectivity index (χ2v) is 4.41. The molecule has 1 amide bonds. The van der Waals surface area contributed by atoms with E-state index in [1.165, 1.54) is 17.3 Å². The molecule has 0 aliphatic carbocycles. The Morgan fingerprint density at radius 3 is 2.53 bits per heavy atom. The highest BCUT2D eigenvalue weighted by Gasteiger charge is 2.23. The first-order valence-electron chi connectivity index (χ1n) is 4.71. The standard InChI is InChI=1S/C11H12N2OS/c1-8-3-5-9(6-4-8)12-11-13(2)10(14)7-15-11/h3-6H,7H2,1-2H3. The summed E-state index contributed by atoms with van der Waals surface area (Å²) in [7, 11) is 1.76. The van der Waals surface area contributed by atoms with Crippen molar-refractivity contribution < 1.29 is 4.79 Å². The predicted molar refractivity (Wildman–Crippen MR) is 63.5 cm³/mol. The molecule has 1 aliphatic rings. The van der Waals surface area contributed by atoms with Gasteiger partial charge in [-0.2, -0.15) is 0 Å². The van der Waals surface area contributed by atoms with Crippen molar-refractivity contribution in [3.8, 4) is 0 Å². The van der Waals surface area contributed by atoms with E-state index < -0.39 is 0 Å². The third kappa shape index (κ3) is 2.21. The van der Waals surface area contributed by atoms with Crippen LogP contribution in [-0.2, 0) is 4.79 Å². The molecule has 1 fully saturated rings. The van der Waals surface area contributed by atoms with Crippen LogP contribution in [0.2, 0.25) is 0 Å². The predicted octanol–water partition coefficient (Wildman–Crippen LogP) is 2.19. The van der Waals surface area contributed by atoms with E-state index in [4.69, 9.17) is 0 Å². The van der Waals surface area contributed by atoms with Crippen LogP contribution in [0.3, 0.4) is 0 Å². The van der Waals surface area contributed by atoms with Gasteiger partial charge in [-0.05, 0) is 19.1 Å². The Bertz CT molecular complexity index is 411. The molecule has 1 aliphatic heterocycles. The van der Waals surface area contributed by atoms with Gasteiger partial charge in [-0.3, -0.25) is 9.69 Å². The molecule has 0 unspecified atom stereocenters. The molecule has 1 heterocycles. The second-order valence-electron chi connectivity index (χ2n) is 3.47. The van der Waals surface area contributed by atoms with E-state index in [9.17, 15) is 4.79 Å². The first-order chi connectivity index (χ1) is 7.16. The van der Waals surface area contributed by atoms with E-state index in [0.717, 1.165) is 10.9 Å². The quantitative estimate of drug-likeness (QED) is 0.726. The normalized spacial score (nSPS) is 18.9. The van der Waals surface area contributed by atoms with Crippen LogP contribution in [0.5, 0.6) is 0 Å². The number of rotatable bonds is 1. The zero-order valence-corrected chi connectivity index (χ0v) is 9.54. The van der Waals surface area contributed by atoms with Crippen LogP contribution >= 0.6 is 11.8 Å². The molecule has 78 valence electrons. The Kier molecular flexibility index (Phi) is 2.77. The Balaban J connectivity index is 2.23. The Morgan fingerprint density at radius 1 is 1.33 bits per heavy atom. The van der Waals surface area contributed by atoms with E-state index >= 15 is 0 Å². The van der Waals surface area contributed by atoms with E-state index in [0.29, 0.717) is 5.75 Å². The van der Waals surface area contributed by atoms with E-state index in [1.807, 2.05) is 31.2 Å². The van der Waals surface area contributed by atoms with Crippen molar-refractivity contribution >= 4 is 28.5 Å². The Labute approximate surface area is 93.2 Å². The van der Waals surface area contributed by atoms with Gasteiger partial charge in [0.05, 0.1) is 11.4 Å². The van der Waals surface area contributed by atoms with Crippen LogP contribution in [-0.4, -0.2) is 28.8 Å². The topological polar surface area (TPSA) is 32.7 Å². The number of hydrogen-bond donors (Lipinski definition) is 0. The summed E-state index contributed by atoms with van der Waals surface area (Å²) in [6.07, 6.45) is 0. The molecule has 1 saturated heterocycles. The molecule has 0 bridgehead atoms. The Hall–Kier alpha value is -1.29. The maximum Gasteiger partial charge on any atom is 0.238 e. The van der Waals surface area contributed by atoms with Gasteiger partial charge in [-0.25, -0.2) is 4.99 Å². The summed E-state index contributed by atoms with van der Waals surface area (Å²) in [6, 6.07) is 7.95. The van der Waals surface area contributed by atoms with Crippen LogP contribution in [0.15, 0.2) is 29.3 Å². The van der Waals surface area contributed by atoms with Crippen LogP contribution in [0.25, 0.3) is 0 Å². The molecule has 3 nitrogen and oxygen atoms in total. The number of hydrogen-bond acceptors (Lipinski definition) is 3. The number of nitrogens with zero attached hydrogens (tertiary/aromatic N) is 2. The minimum absolute atomic E-state index is 0.117. The highest BCUT2D eigenvalue weighted by Crippen LogP contribution is 2.22. The molecule has 0 N–H and O–H groups in total. The lowest BCUT2D eigenvalue weighted by molar-refractivity contribution is -0.123. The largest absolute Gasteiger partial charge is 0.294 e. The van der Waals surface area contributed by atoms with Gasteiger partial charge in [-0.15, -0.1) is 0 Å². The summed E-state index contributed by atoms with van der Waals surface area (Å²) in [5, 5.41) is 0.781. The van der Waals surface area contributed by atoms with Gasteiger partial charge in [0, 0.05) is 7.05 Å². The van der Waals surface area contributed by atoms with Gasteiger partial charge in [0.1, 0.15) is 0 Å². The smallest absolute Gasteiger partial charge is 0.238 e. The summed E-state index contributed by atoms with van der Waals surface area (Å²) >= 11 is 1.48. The lowest BCUT2D eigenvalue weighted by Gasteiger charge is -2.07. The van der Waals surface area contributed by atoms with Crippen LogP contribution in [0.4, 0.5) is 5.69 Å². The van der Waals surface area contributed by atoms with E-state index in [2.05, 4.69) is 4.99 Å². The van der Waals surface area contributed by atoms with E-state index in [1.54, 1.807) is 11.9 Å². The van der Waals surface area contributed by atoms with Crippen molar-refractivity contribution in [3.05, 3.63) is 29.8 Å². The van der Waals surface area contributed by atoms with Crippen molar-refractivity contribution in [1.82, 2.24) is 4.90 Å². The summed E-state index contributed by atoms with van der Waals surface area (Å²) in [4.78, 5) is 17.3. The van der Waals surface area contributed by atoms with Crippen molar-refractivity contribution in [2.75, 3.05) is 12.8 Å². The SMILES string of the molecule is Cc1ccc(N=C2SCC(=O)N2C)cc1. The zero-order chi connectivity index (χ0) is 10.8. The minimum Gasteiger partial charge on any atom is -0.294 e. The summed E-state index contributed by atoms with van der Waals surface area (Å²) < 4.78 is 0. The summed E-state index contributed by atoms with van der Waals surface area (Å²) in [5.41, 5.74) is 2.10. The average molecular weight is 220 g/mol. The number of carbonyl (C=O) groups is 1. The second kappa shape index (κ2) is 4.06. The average Bonchev–Trinajstić information content (AvgIpc) is 2.53. The molecule has 1 aromatic rings. The fraction of sp³-hybridized carbons (Fsp3) is 0.273. The molecule has 0 atom stereocenters. The molecule has 15 heavy (non-hydrogen) atoms. The highest BCUT2D eigenvalue weighted by atomic mass is 32.2. The van der Waals surface area contributed by atoms with Crippen molar-refractivity contribution in [3.63, 3.8) is 0 Å². The number of aryl methyl sites for hydroxylation is 1. The van der Waals surface area contributed by atoms with Crippen LogP contribution in [0, 0.1) is 6.92 Å². The van der Waals surface area contributed by atoms with Gasteiger partial charge in [0.15, 0.2) is 5.17 Å². The maximum atomic E-state index is 11.3. The lowest BCUT2D eigenvalue weighted by Crippen LogP contribution is -2.24. The molecule has 0 aromatic heterocycles. The third-order valence-electron chi connectivity index (χ3n) is 2.24. The first-order valence-corrected chi connectivity index (χ1v) is 5.70. The monoisotopic (exact) mass is 220 g/mol. The van der Waals surface area contributed by atoms with Gasteiger partial charge in [0.25, 0.3) is 0 Å². The number of benzene rings is 1. The van der Waals surface area contributed by atoms with Gasteiger partial charge in [0.2, 0.25) is 5.91 Å².